The molecule has 1 saturated heterocycles. The Hall–Kier alpha value is -1.15. The normalized spacial score (nSPS) is 19.1. The van der Waals surface area contributed by atoms with Gasteiger partial charge in [0, 0.05) is 24.9 Å². The lowest BCUT2D eigenvalue weighted by Gasteiger charge is -2.17. The maximum absolute atomic E-state index is 11.5. The lowest BCUT2D eigenvalue weighted by molar-refractivity contribution is -0.136. The first-order valence-corrected chi connectivity index (χ1v) is 8.78. The summed E-state index contributed by atoms with van der Waals surface area (Å²) in [4.78, 5) is 16.8. The van der Waals surface area contributed by atoms with Crippen molar-refractivity contribution in [2.75, 3.05) is 29.5 Å². The van der Waals surface area contributed by atoms with Crippen molar-refractivity contribution in [1.29, 1.82) is 0 Å². The highest BCUT2D eigenvalue weighted by molar-refractivity contribution is 7.91. The molecule has 0 amide bonds. The smallest absolute Gasteiger partial charge is 0.303 e. The quantitative estimate of drug-likeness (QED) is 0.884. The highest BCUT2D eigenvalue weighted by atomic mass is 32.2. The molecule has 0 spiro atoms. The van der Waals surface area contributed by atoms with Gasteiger partial charge in [0.15, 0.2) is 15.0 Å². The third-order valence-corrected chi connectivity index (χ3v) is 5.63. The third kappa shape index (κ3) is 4.17. The molecule has 2 rings (SSSR count). The van der Waals surface area contributed by atoms with Crippen LogP contribution in [-0.4, -0.2) is 49.1 Å². The largest absolute Gasteiger partial charge is 0.481 e. The fraction of sp³-hybridized carbons (Fsp3) is 0.636. The number of aliphatic carboxylic acids is 1. The number of carboxylic acids is 1. The van der Waals surface area contributed by atoms with Crippen molar-refractivity contribution in [2.24, 2.45) is 0 Å². The number of nitrogens with zero attached hydrogens (tertiary/aromatic N) is 2. The Morgan fingerprint density at radius 3 is 2.95 bits per heavy atom. The number of aryl methyl sites for hydroxylation is 1. The minimum absolute atomic E-state index is 0.0670. The van der Waals surface area contributed by atoms with Crippen LogP contribution in [0.25, 0.3) is 0 Å². The number of rotatable bonds is 4. The molecule has 1 fully saturated rings. The Morgan fingerprint density at radius 1 is 1.42 bits per heavy atom. The first kappa shape index (κ1) is 14.3. The number of thiazole rings is 1. The molecule has 6 nitrogen and oxygen atoms in total. The fourth-order valence-electron chi connectivity index (χ4n) is 1.92. The standard InChI is InChI=1S/C11H16N2O4S2/c14-10(15)3-2-9-8-18-11(12-9)13-4-1-6-19(16,17)7-5-13/h8H,1-7H2,(H,14,15). The van der Waals surface area contributed by atoms with Gasteiger partial charge in [-0.3, -0.25) is 4.79 Å². The van der Waals surface area contributed by atoms with Crippen molar-refractivity contribution in [2.45, 2.75) is 19.3 Å². The van der Waals surface area contributed by atoms with Crippen LogP contribution < -0.4 is 4.90 Å². The molecule has 1 N–H and O–H groups in total. The van der Waals surface area contributed by atoms with E-state index in [1.165, 1.54) is 11.3 Å². The molecule has 106 valence electrons. The molecule has 0 atom stereocenters. The van der Waals surface area contributed by atoms with E-state index in [0.29, 0.717) is 25.9 Å². The molecule has 1 aromatic rings. The maximum Gasteiger partial charge on any atom is 0.303 e. The van der Waals surface area contributed by atoms with Gasteiger partial charge < -0.3 is 10.0 Å². The van der Waals surface area contributed by atoms with Crippen molar-refractivity contribution in [3.63, 3.8) is 0 Å². The van der Waals surface area contributed by atoms with Crippen LogP contribution in [0.4, 0.5) is 5.13 Å². The van der Waals surface area contributed by atoms with Gasteiger partial charge in [0.25, 0.3) is 0 Å². The summed E-state index contributed by atoms with van der Waals surface area (Å²) in [5.74, 6) is -0.437. The lowest BCUT2D eigenvalue weighted by Crippen LogP contribution is -2.26. The van der Waals surface area contributed by atoms with Gasteiger partial charge in [-0.15, -0.1) is 11.3 Å². The zero-order valence-electron chi connectivity index (χ0n) is 10.4. The average Bonchev–Trinajstić information content (AvgIpc) is 2.72. The molecule has 0 saturated carbocycles. The molecule has 1 aromatic heterocycles. The summed E-state index contributed by atoms with van der Waals surface area (Å²) in [6, 6.07) is 0. The summed E-state index contributed by atoms with van der Waals surface area (Å²) in [5.41, 5.74) is 0.759. The molecule has 0 radical (unpaired) electrons. The second-order valence-corrected chi connectivity index (χ2v) is 7.65. The molecule has 1 aliphatic heterocycles. The number of aromatic nitrogens is 1. The molecule has 1 aliphatic rings. The van der Waals surface area contributed by atoms with Gasteiger partial charge >= 0.3 is 5.97 Å². The summed E-state index contributed by atoms with van der Waals surface area (Å²) in [5, 5.41) is 11.3. The molecule has 2 heterocycles. The number of hydrogen-bond acceptors (Lipinski definition) is 6. The van der Waals surface area contributed by atoms with Gasteiger partial charge in [0.1, 0.15) is 0 Å². The SMILES string of the molecule is O=C(O)CCc1csc(N2CCCS(=O)(=O)CC2)n1. The molecule has 0 aliphatic carbocycles. The maximum atomic E-state index is 11.5. The lowest BCUT2D eigenvalue weighted by atomic mass is 10.2. The van der Waals surface area contributed by atoms with Crippen LogP contribution in [0.1, 0.15) is 18.5 Å². The summed E-state index contributed by atoms with van der Waals surface area (Å²) in [6.45, 7) is 1.15. The van der Waals surface area contributed by atoms with Crippen LogP contribution in [0, 0.1) is 0 Å². The van der Waals surface area contributed by atoms with Gasteiger partial charge in [0.05, 0.1) is 23.6 Å². The Balaban J connectivity index is 2.00. The molecular formula is C11H16N2O4S2. The van der Waals surface area contributed by atoms with E-state index in [-0.39, 0.29) is 17.9 Å². The second-order valence-electron chi connectivity index (χ2n) is 4.51. The van der Waals surface area contributed by atoms with E-state index >= 15 is 0 Å². The van der Waals surface area contributed by atoms with E-state index in [2.05, 4.69) is 4.98 Å². The number of sulfone groups is 1. The Bertz CT molecular complexity index is 553. The molecule has 0 unspecified atom stereocenters. The molecule has 0 bridgehead atoms. The van der Waals surface area contributed by atoms with Gasteiger partial charge in [-0.25, -0.2) is 13.4 Å². The number of anilines is 1. The summed E-state index contributed by atoms with van der Waals surface area (Å²) in [6.07, 6.45) is 1.10. The first-order valence-electron chi connectivity index (χ1n) is 6.08. The number of hydrogen-bond donors (Lipinski definition) is 1. The third-order valence-electron chi connectivity index (χ3n) is 2.96. The van der Waals surface area contributed by atoms with E-state index in [1.54, 1.807) is 0 Å². The van der Waals surface area contributed by atoms with Crippen LogP contribution in [0.3, 0.4) is 0 Å². The number of carbonyl (C=O) groups is 1. The molecule has 19 heavy (non-hydrogen) atoms. The van der Waals surface area contributed by atoms with Crippen molar-refractivity contribution in [3.05, 3.63) is 11.1 Å². The highest BCUT2D eigenvalue weighted by Gasteiger charge is 2.21. The van der Waals surface area contributed by atoms with Crippen LogP contribution in [0.5, 0.6) is 0 Å². The zero-order chi connectivity index (χ0) is 13.9. The zero-order valence-corrected chi connectivity index (χ0v) is 12.0. The molecule has 0 aromatic carbocycles. The Labute approximate surface area is 116 Å². The first-order chi connectivity index (χ1) is 8.96. The monoisotopic (exact) mass is 304 g/mol. The summed E-state index contributed by atoms with van der Waals surface area (Å²) in [7, 11) is -2.92. The Kier molecular flexibility index (Phi) is 4.41. The second kappa shape index (κ2) is 5.87. The minimum atomic E-state index is -2.92. The van der Waals surface area contributed by atoms with Crippen LogP contribution in [0.15, 0.2) is 5.38 Å². The van der Waals surface area contributed by atoms with E-state index in [0.717, 1.165) is 10.8 Å². The van der Waals surface area contributed by atoms with Gasteiger partial charge in [0.2, 0.25) is 0 Å². The summed E-state index contributed by atoms with van der Waals surface area (Å²) < 4.78 is 23.0. The van der Waals surface area contributed by atoms with Gasteiger partial charge in [-0.1, -0.05) is 0 Å². The molecule has 8 heteroatoms. The Morgan fingerprint density at radius 2 is 2.21 bits per heavy atom. The topological polar surface area (TPSA) is 87.6 Å². The summed E-state index contributed by atoms with van der Waals surface area (Å²) >= 11 is 1.44. The van der Waals surface area contributed by atoms with Crippen LogP contribution >= 0.6 is 11.3 Å². The van der Waals surface area contributed by atoms with Crippen molar-refractivity contribution in [1.82, 2.24) is 4.98 Å². The predicted octanol–water partition coefficient (Wildman–Crippen LogP) is 0.785. The highest BCUT2D eigenvalue weighted by Crippen LogP contribution is 2.23. The van der Waals surface area contributed by atoms with E-state index in [9.17, 15) is 13.2 Å². The molecular weight excluding hydrogens is 288 g/mol. The van der Waals surface area contributed by atoms with Crippen molar-refractivity contribution < 1.29 is 18.3 Å². The predicted molar refractivity (Wildman–Crippen MR) is 73.6 cm³/mol. The number of carboxylic acid groups (broad SMARTS) is 1. The van der Waals surface area contributed by atoms with E-state index in [1.807, 2.05) is 10.3 Å². The minimum Gasteiger partial charge on any atom is -0.481 e. The van der Waals surface area contributed by atoms with Gasteiger partial charge in [-0.05, 0) is 6.42 Å². The van der Waals surface area contributed by atoms with Crippen LogP contribution in [0.2, 0.25) is 0 Å². The van der Waals surface area contributed by atoms with Crippen molar-refractivity contribution in [3.8, 4) is 0 Å². The van der Waals surface area contributed by atoms with Gasteiger partial charge in [-0.2, -0.15) is 0 Å². The van der Waals surface area contributed by atoms with E-state index in [4.69, 9.17) is 5.11 Å². The van der Waals surface area contributed by atoms with E-state index < -0.39 is 15.8 Å². The van der Waals surface area contributed by atoms with Crippen LogP contribution in [-0.2, 0) is 21.1 Å². The van der Waals surface area contributed by atoms with Crippen molar-refractivity contribution >= 4 is 32.3 Å². The average molecular weight is 304 g/mol. The fourth-order valence-corrected chi connectivity index (χ4v) is 4.11.